The minimum atomic E-state index is -1.000. The van der Waals surface area contributed by atoms with E-state index in [0.717, 1.165) is 31.5 Å². The number of hydrogen-bond acceptors (Lipinski definition) is 2. The summed E-state index contributed by atoms with van der Waals surface area (Å²) in [5.74, 6) is -1.99. The Kier molecular flexibility index (Phi) is 3.42. The van der Waals surface area contributed by atoms with Gasteiger partial charge in [-0.15, -0.1) is 0 Å². The highest BCUT2D eigenvalue weighted by Crippen LogP contribution is 2.30. The van der Waals surface area contributed by atoms with Gasteiger partial charge < -0.3 is 10.4 Å². The molecule has 1 aromatic carbocycles. The Bertz CT molecular complexity index is 394. The van der Waals surface area contributed by atoms with Crippen LogP contribution in [0.25, 0.3) is 0 Å². The number of rotatable bonds is 2. The van der Waals surface area contributed by atoms with Crippen molar-refractivity contribution in [2.24, 2.45) is 0 Å². The third-order valence-electron chi connectivity index (χ3n) is 2.84. The number of halogens is 3. The number of benzene rings is 1. The predicted molar refractivity (Wildman–Crippen MR) is 57.4 cm³/mol. The van der Waals surface area contributed by atoms with E-state index in [1.54, 1.807) is 0 Å². The second-order valence-electron chi connectivity index (χ2n) is 3.94. The number of aliphatic hydroxyl groups excluding tert-OH is 1. The average molecular weight is 248 g/mol. The Morgan fingerprint density at radius 3 is 2.69 bits per heavy atom. The molecule has 0 saturated carbocycles. The predicted octanol–water partition coefficient (Wildman–Crippen LogP) is 2.40. The van der Waals surface area contributed by atoms with Crippen molar-refractivity contribution in [3.8, 4) is 0 Å². The Morgan fingerprint density at radius 1 is 1.38 bits per heavy atom. The lowest BCUT2D eigenvalue weighted by Crippen LogP contribution is -2.29. The molecule has 88 valence electrons. The van der Waals surface area contributed by atoms with Crippen LogP contribution in [0.15, 0.2) is 12.1 Å². The lowest BCUT2D eigenvalue weighted by Gasteiger charge is -2.19. The molecule has 2 N–H and O–H groups in total. The summed E-state index contributed by atoms with van der Waals surface area (Å²) in [6.07, 6.45) is 0.865. The van der Waals surface area contributed by atoms with Crippen molar-refractivity contribution in [2.75, 3.05) is 6.54 Å². The van der Waals surface area contributed by atoms with Gasteiger partial charge in [0, 0.05) is 16.6 Å². The molecule has 1 saturated heterocycles. The second-order valence-corrected chi connectivity index (χ2v) is 4.34. The first-order chi connectivity index (χ1) is 7.59. The van der Waals surface area contributed by atoms with Crippen LogP contribution in [0.5, 0.6) is 0 Å². The van der Waals surface area contributed by atoms with Gasteiger partial charge in [-0.25, -0.2) is 8.78 Å². The first-order valence-electron chi connectivity index (χ1n) is 5.15. The molecule has 1 fully saturated rings. The molecule has 0 bridgehead atoms. The lowest BCUT2D eigenvalue weighted by molar-refractivity contribution is 0.137. The summed E-state index contributed by atoms with van der Waals surface area (Å²) in [6.45, 7) is 0.822. The number of nitrogens with one attached hydrogen (secondary N) is 1. The Balaban J connectivity index is 2.28. The van der Waals surface area contributed by atoms with Gasteiger partial charge >= 0.3 is 0 Å². The molecular weight excluding hydrogens is 236 g/mol. The van der Waals surface area contributed by atoms with E-state index >= 15 is 0 Å². The maximum Gasteiger partial charge on any atom is 0.160 e. The largest absolute Gasteiger partial charge is 0.387 e. The molecule has 0 spiro atoms. The summed E-state index contributed by atoms with van der Waals surface area (Å²) in [5.41, 5.74) is 0.236. The first-order valence-corrected chi connectivity index (χ1v) is 5.53. The van der Waals surface area contributed by atoms with Crippen molar-refractivity contribution in [3.05, 3.63) is 34.4 Å². The van der Waals surface area contributed by atoms with Crippen molar-refractivity contribution >= 4 is 11.6 Å². The SMILES string of the molecule is OC(c1cc(F)c(F)cc1Cl)C1CCCN1. The summed E-state index contributed by atoms with van der Waals surface area (Å²) < 4.78 is 25.9. The van der Waals surface area contributed by atoms with Crippen LogP contribution < -0.4 is 5.32 Å². The number of hydrogen-bond donors (Lipinski definition) is 2. The summed E-state index contributed by atoms with van der Waals surface area (Å²) in [4.78, 5) is 0. The van der Waals surface area contributed by atoms with E-state index in [1.165, 1.54) is 0 Å². The second kappa shape index (κ2) is 4.65. The highest BCUT2D eigenvalue weighted by Gasteiger charge is 2.26. The fourth-order valence-electron chi connectivity index (χ4n) is 1.96. The van der Waals surface area contributed by atoms with Crippen LogP contribution in [0.3, 0.4) is 0 Å². The summed E-state index contributed by atoms with van der Waals surface area (Å²) in [7, 11) is 0. The molecule has 0 aliphatic carbocycles. The maximum atomic E-state index is 13.0. The van der Waals surface area contributed by atoms with E-state index in [0.29, 0.717) is 0 Å². The molecule has 16 heavy (non-hydrogen) atoms. The maximum absolute atomic E-state index is 13.0. The zero-order chi connectivity index (χ0) is 11.7. The van der Waals surface area contributed by atoms with E-state index in [-0.39, 0.29) is 16.6 Å². The van der Waals surface area contributed by atoms with Crippen LogP contribution >= 0.6 is 11.6 Å². The van der Waals surface area contributed by atoms with Crippen LogP contribution in [0.4, 0.5) is 8.78 Å². The molecule has 1 aliphatic rings. The molecule has 1 aliphatic heterocycles. The molecule has 0 amide bonds. The Labute approximate surface area is 97.2 Å². The van der Waals surface area contributed by atoms with Gasteiger partial charge in [0.15, 0.2) is 11.6 Å². The highest BCUT2D eigenvalue weighted by molar-refractivity contribution is 6.31. The van der Waals surface area contributed by atoms with Crippen molar-refractivity contribution in [1.29, 1.82) is 0 Å². The topological polar surface area (TPSA) is 32.3 Å². The van der Waals surface area contributed by atoms with Gasteiger partial charge in [-0.05, 0) is 31.5 Å². The van der Waals surface area contributed by atoms with Gasteiger partial charge in [0.2, 0.25) is 0 Å². The first kappa shape index (κ1) is 11.8. The summed E-state index contributed by atoms with van der Waals surface area (Å²) in [5, 5.41) is 13.1. The van der Waals surface area contributed by atoms with Gasteiger partial charge in [-0.1, -0.05) is 11.6 Å². The molecule has 0 radical (unpaired) electrons. The van der Waals surface area contributed by atoms with Crippen molar-refractivity contribution in [2.45, 2.75) is 25.0 Å². The molecule has 0 aromatic heterocycles. The van der Waals surface area contributed by atoms with Gasteiger partial charge in [-0.3, -0.25) is 0 Å². The standard InChI is InChI=1S/C11H12ClF2NO/c12-7-5-9(14)8(13)4-6(7)11(16)10-2-1-3-15-10/h4-5,10-11,15-16H,1-3H2. The minimum Gasteiger partial charge on any atom is -0.387 e. The van der Waals surface area contributed by atoms with E-state index in [4.69, 9.17) is 11.6 Å². The molecule has 2 rings (SSSR count). The molecule has 5 heteroatoms. The van der Waals surface area contributed by atoms with Crippen molar-refractivity contribution in [3.63, 3.8) is 0 Å². The fourth-order valence-corrected chi connectivity index (χ4v) is 2.22. The lowest BCUT2D eigenvalue weighted by atomic mass is 10.0. The molecule has 1 heterocycles. The van der Waals surface area contributed by atoms with E-state index in [1.807, 2.05) is 0 Å². The third kappa shape index (κ3) is 2.19. The number of aliphatic hydroxyl groups is 1. The van der Waals surface area contributed by atoms with Gasteiger partial charge in [0.1, 0.15) is 0 Å². The van der Waals surface area contributed by atoms with Crippen LogP contribution in [0, 0.1) is 11.6 Å². The van der Waals surface area contributed by atoms with Crippen molar-refractivity contribution in [1.82, 2.24) is 5.32 Å². The molecule has 2 unspecified atom stereocenters. The zero-order valence-electron chi connectivity index (χ0n) is 8.51. The smallest absolute Gasteiger partial charge is 0.160 e. The van der Waals surface area contributed by atoms with Crippen molar-refractivity contribution < 1.29 is 13.9 Å². The van der Waals surface area contributed by atoms with Crippen LogP contribution in [0.2, 0.25) is 5.02 Å². The minimum absolute atomic E-state index is 0.0556. The van der Waals surface area contributed by atoms with E-state index in [9.17, 15) is 13.9 Å². The fraction of sp³-hybridized carbons (Fsp3) is 0.455. The Morgan fingerprint density at radius 2 is 2.06 bits per heavy atom. The van der Waals surface area contributed by atoms with Gasteiger partial charge in [-0.2, -0.15) is 0 Å². The molecule has 2 atom stereocenters. The molecule has 2 nitrogen and oxygen atoms in total. The van der Waals surface area contributed by atoms with E-state index < -0.39 is 17.7 Å². The average Bonchev–Trinajstić information content (AvgIpc) is 2.75. The van der Waals surface area contributed by atoms with E-state index in [2.05, 4.69) is 5.32 Å². The zero-order valence-corrected chi connectivity index (χ0v) is 9.27. The quantitative estimate of drug-likeness (QED) is 0.787. The van der Waals surface area contributed by atoms with Gasteiger partial charge in [0.05, 0.1) is 6.10 Å². The normalized spacial score (nSPS) is 22.4. The van der Waals surface area contributed by atoms with Crippen LogP contribution in [-0.4, -0.2) is 17.7 Å². The van der Waals surface area contributed by atoms with Crippen LogP contribution in [0.1, 0.15) is 24.5 Å². The Hall–Kier alpha value is -0.710. The monoisotopic (exact) mass is 247 g/mol. The summed E-state index contributed by atoms with van der Waals surface area (Å²) in [6, 6.07) is 1.72. The third-order valence-corrected chi connectivity index (χ3v) is 3.17. The highest BCUT2D eigenvalue weighted by atomic mass is 35.5. The molecule has 1 aromatic rings. The summed E-state index contributed by atoms with van der Waals surface area (Å²) >= 11 is 5.78. The van der Waals surface area contributed by atoms with Gasteiger partial charge in [0.25, 0.3) is 0 Å². The van der Waals surface area contributed by atoms with Crippen LogP contribution in [-0.2, 0) is 0 Å². The molecular formula is C11H12ClF2NO.